The summed E-state index contributed by atoms with van der Waals surface area (Å²) in [6, 6.07) is 6.30. The fourth-order valence-corrected chi connectivity index (χ4v) is 3.11. The van der Waals surface area contributed by atoms with E-state index in [9.17, 15) is 0 Å². The van der Waals surface area contributed by atoms with E-state index in [0.717, 1.165) is 43.5 Å². The van der Waals surface area contributed by atoms with E-state index in [1.807, 2.05) is 30.8 Å². The number of likely N-dealkylation sites (N-methyl/N-ethyl adjacent to an activating group) is 1. The summed E-state index contributed by atoms with van der Waals surface area (Å²) in [5.74, 6) is 0. The highest BCUT2D eigenvalue weighted by molar-refractivity contribution is 14.1. The SMILES string of the molecule is CCn1nc(C)c(Cl)c1CC(NC)c1ccc(I)c(Cl)c1. The van der Waals surface area contributed by atoms with Gasteiger partial charge in [-0.05, 0) is 61.2 Å². The first-order chi connectivity index (χ1) is 9.97. The van der Waals surface area contributed by atoms with Gasteiger partial charge >= 0.3 is 0 Å². The van der Waals surface area contributed by atoms with Crippen molar-refractivity contribution in [3.8, 4) is 0 Å². The Morgan fingerprint density at radius 3 is 2.67 bits per heavy atom. The summed E-state index contributed by atoms with van der Waals surface area (Å²) < 4.78 is 3.02. The van der Waals surface area contributed by atoms with Crippen LogP contribution in [0.4, 0.5) is 0 Å². The van der Waals surface area contributed by atoms with Crippen LogP contribution in [0, 0.1) is 10.5 Å². The summed E-state index contributed by atoms with van der Waals surface area (Å²) in [5.41, 5.74) is 3.09. The molecule has 2 rings (SSSR count). The molecule has 1 aromatic carbocycles. The fraction of sp³-hybridized carbons (Fsp3) is 0.400. The van der Waals surface area contributed by atoms with Gasteiger partial charge in [-0.1, -0.05) is 29.3 Å². The summed E-state index contributed by atoms with van der Waals surface area (Å²) in [6.45, 7) is 4.82. The molecule has 0 aliphatic rings. The van der Waals surface area contributed by atoms with Gasteiger partial charge in [0, 0.05) is 22.6 Å². The summed E-state index contributed by atoms with van der Waals surface area (Å²) in [7, 11) is 1.95. The molecule has 0 aliphatic heterocycles. The molecule has 1 heterocycles. The molecule has 21 heavy (non-hydrogen) atoms. The Bertz CT molecular complexity index is 640. The first kappa shape index (κ1) is 17.1. The monoisotopic (exact) mass is 437 g/mol. The number of rotatable bonds is 5. The molecule has 1 aromatic heterocycles. The van der Waals surface area contributed by atoms with Gasteiger partial charge in [-0.25, -0.2) is 0 Å². The molecule has 0 fully saturated rings. The maximum absolute atomic E-state index is 6.40. The summed E-state index contributed by atoms with van der Waals surface area (Å²) in [5, 5.41) is 9.35. The molecule has 0 spiro atoms. The molecule has 1 unspecified atom stereocenters. The lowest BCUT2D eigenvalue weighted by atomic mass is 10.0. The Hall–Kier alpha value is -0.300. The molecule has 0 saturated carbocycles. The molecule has 2 aromatic rings. The van der Waals surface area contributed by atoms with E-state index in [0.29, 0.717) is 0 Å². The van der Waals surface area contributed by atoms with Crippen LogP contribution in [0.25, 0.3) is 0 Å². The number of hydrogen-bond donors (Lipinski definition) is 1. The van der Waals surface area contributed by atoms with Crippen LogP contribution in [-0.2, 0) is 13.0 Å². The van der Waals surface area contributed by atoms with Crippen LogP contribution in [0.15, 0.2) is 18.2 Å². The molecule has 0 amide bonds. The molecule has 1 N–H and O–H groups in total. The lowest BCUT2D eigenvalue weighted by Crippen LogP contribution is -2.20. The van der Waals surface area contributed by atoms with E-state index < -0.39 is 0 Å². The van der Waals surface area contributed by atoms with Crippen molar-refractivity contribution in [3.05, 3.63) is 48.8 Å². The summed E-state index contributed by atoms with van der Waals surface area (Å²) in [4.78, 5) is 0. The van der Waals surface area contributed by atoms with E-state index >= 15 is 0 Å². The number of nitrogens with zero attached hydrogens (tertiary/aromatic N) is 2. The van der Waals surface area contributed by atoms with Crippen molar-refractivity contribution in [2.24, 2.45) is 0 Å². The second kappa shape index (κ2) is 7.31. The number of benzene rings is 1. The fourth-order valence-electron chi connectivity index (χ4n) is 2.37. The predicted octanol–water partition coefficient (Wildman–Crippen LogP) is 4.63. The smallest absolute Gasteiger partial charge is 0.0847 e. The van der Waals surface area contributed by atoms with Crippen molar-refractivity contribution in [3.63, 3.8) is 0 Å². The molecule has 0 radical (unpaired) electrons. The number of aryl methyl sites for hydroxylation is 2. The van der Waals surface area contributed by atoms with Gasteiger partial charge in [-0.3, -0.25) is 4.68 Å². The Balaban J connectivity index is 2.33. The van der Waals surface area contributed by atoms with Crippen molar-refractivity contribution >= 4 is 45.8 Å². The standard InChI is InChI=1S/C15H18Cl2IN3/c1-4-21-14(15(17)9(2)20-21)8-13(19-3)10-5-6-12(18)11(16)7-10/h5-7,13,19H,4,8H2,1-3H3. The third-order valence-electron chi connectivity index (χ3n) is 3.54. The van der Waals surface area contributed by atoms with Crippen molar-refractivity contribution in [2.45, 2.75) is 32.9 Å². The van der Waals surface area contributed by atoms with Gasteiger partial charge in [0.2, 0.25) is 0 Å². The lowest BCUT2D eigenvalue weighted by Gasteiger charge is -2.18. The minimum atomic E-state index is 0.151. The third kappa shape index (κ3) is 3.73. The zero-order chi connectivity index (χ0) is 15.6. The van der Waals surface area contributed by atoms with Crippen LogP contribution in [0.3, 0.4) is 0 Å². The maximum Gasteiger partial charge on any atom is 0.0847 e. The molecule has 1 atom stereocenters. The van der Waals surface area contributed by atoms with Crippen LogP contribution in [0.5, 0.6) is 0 Å². The van der Waals surface area contributed by atoms with Crippen molar-refractivity contribution in [2.75, 3.05) is 7.05 Å². The first-order valence-electron chi connectivity index (χ1n) is 6.81. The minimum absolute atomic E-state index is 0.151. The molecule has 6 heteroatoms. The van der Waals surface area contributed by atoms with Crippen molar-refractivity contribution in [1.82, 2.24) is 15.1 Å². The van der Waals surface area contributed by atoms with E-state index in [1.54, 1.807) is 0 Å². The van der Waals surface area contributed by atoms with Crippen LogP contribution >= 0.6 is 45.8 Å². The number of aromatic nitrogens is 2. The van der Waals surface area contributed by atoms with Gasteiger partial charge in [0.25, 0.3) is 0 Å². The average molecular weight is 438 g/mol. The Morgan fingerprint density at radius 2 is 2.10 bits per heavy atom. The van der Waals surface area contributed by atoms with Crippen LogP contribution < -0.4 is 5.32 Å². The minimum Gasteiger partial charge on any atom is -0.313 e. The second-order valence-corrected chi connectivity index (χ2v) is 6.83. The Morgan fingerprint density at radius 1 is 1.38 bits per heavy atom. The summed E-state index contributed by atoms with van der Waals surface area (Å²) in [6.07, 6.45) is 0.779. The van der Waals surface area contributed by atoms with E-state index in [1.165, 1.54) is 0 Å². The van der Waals surface area contributed by atoms with Gasteiger partial charge in [0.15, 0.2) is 0 Å². The molecular weight excluding hydrogens is 420 g/mol. The van der Waals surface area contributed by atoms with Crippen LogP contribution in [0.2, 0.25) is 10.0 Å². The zero-order valence-electron chi connectivity index (χ0n) is 12.3. The molecule has 0 saturated heterocycles. The van der Waals surface area contributed by atoms with Gasteiger partial charge in [0.1, 0.15) is 0 Å². The second-order valence-electron chi connectivity index (χ2n) is 4.88. The normalized spacial score (nSPS) is 12.7. The topological polar surface area (TPSA) is 29.9 Å². The number of halogens is 3. The number of nitrogens with one attached hydrogen (secondary N) is 1. The highest BCUT2D eigenvalue weighted by Crippen LogP contribution is 2.28. The van der Waals surface area contributed by atoms with E-state index in [2.05, 4.69) is 46.0 Å². The van der Waals surface area contributed by atoms with Crippen molar-refractivity contribution < 1.29 is 0 Å². The largest absolute Gasteiger partial charge is 0.313 e. The molecule has 114 valence electrons. The Labute approximate surface area is 149 Å². The van der Waals surface area contributed by atoms with Gasteiger partial charge < -0.3 is 5.32 Å². The Kier molecular flexibility index (Phi) is 5.94. The maximum atomic E-state index is 6.40. The first-order valence-corrected chi connectivity index (χ1v) is 8.65. The van der Waals surface area contributed by atoms with Crippen molar-refractivity contribution in [1.29, 1.82) is 0 Å². The highest BCUT2D eigenvalue weighted by Gasteiger charge is 2.18. The molecule has 3 nitrogen and oxygen atoms in total. The van der Waals surface area contributed by atoms with Gasteiger partial charge in [-0.15, -0.1) is 0 Å². The number of hydrogen-bond acceptors (Lipinski definition) is 2. The molecular formula is C15H18Cl2IN3. The van der Waals surface area contributed by atoms with E-state index in [4.69, 9.17) is 23.2 Å². The third-order valence-corrected chi connectivity index (χ3v) is 5.61. The van der Waals surface area contributed by atoms with Crippen LogP contribution in [-0.4, -0.2) is 16.8 Å². The molecule has 0 aliphatic carbocycles. The lowest BCUT2D eigenvalue weighted by molar-refractivity contribution is 0.541. The predicted molar refractivity (Wildman–Crippen MR) is 97.3 cm³/mol. The highest BCUT2D eigenvalue weighted by atomic mass is 127. The quantitative estimate of drug-likeness (QED) is 0.691. The summed E-state index contributed by atoms with van der Waals surface area (Å²) >= 11 is 14.9. The van der Waals surface area contributed by atoms with Gasteiger partial charge in [-0.2, -0.15) is 5.10 Å². The van der Waals surface area contributed by atoms with Gasteiger partial charge in [0.05, 0.1) is 21.4 Å². The van der Waals surface area contributed by atoms with E-state index in [-0.39, 0.29) is 6.04 Å². The average Bonchev–Trinajstić information content (AvgIpc) is 2.75. The molecule has 0 bridgehead atoms. The zero-order valence-corrected chi connectivity index (χ0v) is 15.9. The van der Waals surface area contributed by atoms with Crippen LogP contribution in [0.1, 0.15) is 29.9 Å².